The zero-order valence-corrected chi connectivity index (χ0v) is 20.5. The van der Waals surface area contributed by atoms with Crippen molar-refractivity contribution in [3.05, 3.63) is 56.5 Å². The van der Waals surface area contributed by atoms with Gasteiger partial charge in [0.1, 0.15) is 6.54 Å². The molecule has 8 heteroatoms. The topological polar surface area (TPSA) is 90.9 Å². The Labute approximate surface area is 194 Å². The van der Waals surface area contributed by atoms with Crippen molar-refractivity contribution in [2.45, 2.75) is 74.0 Å². The zero-order chi connectivity index (χ0) is 24.3. The molecule has 3 aromatic rings. The van der Waals surface area contributed by atoms with Crippen LogP contribution in [0.3, 0.4) is 0 Å². The van der Waals surface area contributed by atoms with Gasteiger partial charge in [0.25, 0.3) is 5.56 Å². The fourth-order valence-corrected chi connectivity index (χ4v) is 4.17. The first-order chi connectivity index (χ1) is 15.7. The summed E-state index contributed by atoms with van der Waals surface area (Å²) in [5.41, 5.74) is 2.57. The second-order valence-corrected chi connectivity index (χ2v) is 9.35. The first-order valence-electron chi connectivity index (χ1n) is 11.8. The van der Waals surface area contributed by atoms with Crippen molar-refractivity contribution >= 4 is 22.8 Å². The Morgan fingerprint density at radius 2 is 1.58 bits per heavy atom. The number of benzene rings is 1. The molecule has 0 atom stereocenters. The Morgan fingerprint density at radius 3 is 2.12 bits per heavy atom. The molecule has 0 aliphatic heterocycles. The number of para-hydroxylation sites is 1. The second kappa shape index (κ2) is 10.2. The maximum absolute atomic E-state index is 13.4. The van der Waals surface area contributed by atoms with Gasteiger partial charge in [-0.2, -0.15) is 0 Å². The minimum Gasteiger partial charge on any atom is -0.324 e. The number of carbonyl (C=O) groups excluding carboxylic acids is 1. The van der Waals surface area contributed by atoms with Crippen LogP contribution in [0.5, 0.6) is 0 Å². The number of nitrogens with zero attached hydrogens (tertiary/aromatic N) is 4. The Bertz CT molecular complexity index is 1240. The molecule has 0 fully saturated rings. The first-order valence-corrected chi connectivity index (χ1v) is 11.8. The highest BCUT2D eigenvalue weighted by Crippen LogP contribution is 2.22. The summed E-state index contributed by atoms with van der Waals surface area (Å²) in [6.07, 6.45) is 3.15. The van der Waals surface area contributed by atoms with Crippen LogP contribution in [-0.4, -0.2) is 24.6 Å². The summed E-state index contributed by atoms with van der Waals surface area (Å²) >= 11 is 0. The van der Waals surface area contributed by atoms with Gasteiger partial charge in [0.2, 0.25) is 5.91 Å². The van der Waals surface area contributed by atoms with Crippen LogP contribution in [0.1, 0.15) is 52.7 Å². The second-order valence-electron chi connectivity index (χ2n) is 9.35. The molecule has 1 amide bonds. The number of imidazole rings is 1. The lowest BCUT2D eigenvalue weighted by Crippen LogP contribution is -2.43. The van der Waals surface area contributed by atoms with Crippen LogP contribution in [0, 0.1) is 11.8 Å². The average Bonchev–Trinajstić information content (AvgIpc) is 3.17. The number of aryl methyl sites for hydroxylation is 2. The number of nitrogens with one attached hydrogen (secondary N) is 1. The molecule has 0 aliphatic rings. The van der Waals surface area contributed by atoms with E-state index in [2.05, 4.69) is 24.1 Å². The van der Waals surface area contributed by atoms with Gasteiger partial charge >= 0.3 is 5.69 Å². The van der Waals surface area contributed by atoms with Crippen LogP contribution >= 0.6 is 0 Å². The molecule has 0 saturated carbocycles. The molecular formula is C25H35N5O3. The van der Waals surface area contributed by atoms with Crippen molar-refractivity contribution < 1.29 is 4.79 Å². The van der Waals surface area contributed by atoms with Crippen LogP contribution in [0.2, 0.25) is 0 Å². The van der Waals surface area contributed by atoms with Crippen molar-refractivity contribution in [2.75, 3.05) is 5.32 Å². The van der Waals surface area contributed by atoms with Gasteiger partial charge in [0, 0.05) is 18.8 Å². The highest BCUT2D eigenvalue weighted by Gasteiger charge is 2.21. The fraction of sp³-hybridized carbons (Fsp3) is 0.520. The summed E-state index contributed by atoms with van der Waals surface area (Å²) < 4.78 is 4.34. The maximum atomic E-state index is 13.4. The molecule has 0 radical (unpaired) electrons. The van der Waals surface area contributed by atoms with Crippen LogP contribution in [-0.2, 0) is 37.3 Å². The van der Waals surface area contributed by atoms with Gasteiger partial charge in [0.05, 0.1) is 6.33 Å². The number of rotatable bonds is 9. The van der Waals surface area contributed by atoms with Crippen molar-refractivity contribution in [3.8, 4) is 0 Å². The van der Waals surface area contributed by atoms with E-state index in [9.17, 15) is 14.4 Å². The molecule has 33 heavy (non-hydrogen) atoms. The van der Waals surface area contributed by atoms with Gasteiger partial charge in [-0.1, -0.05) is 59.7 Å². The van der Waals surface area contributed by atoms with E-state index in [1.54, 1.807) is 10.9 Å². The van der Waals surface area contributed by atoms with E-state index in [-0.39, 0.29) is 12.5 Å². The van der Waals surface area contributed by atoms with E-state index in [0.717, 1.165) is 34.2 Å². The Hall–Kier alpha value is -3.16. The zero-order valence-electron chi connectivity index (χ0n) is 20.5. The lowest BCUT2D eigenvalue weighted by atomic mass is 10.0. The normalized spacial score (nSPS) is 11.6. The fourth-order valence-electron chi connectivity index (χ4n) is 4.17. The number of anilines is 1. The van der Waals surface area contributed by atoms with Gasteiger partial charge in [-0.15, -0.1) is 0 Å². The lowest BCUT2D eigenvalue weighted by molar-refractivity contribution is -0.116. The van der Waals surface area contributed by atoms with Crippen LogP contribution in [0.4, 0.5) is 5.69 Å². The Morgan fingerprint density at radius 1 is 0.970 bits per heavy atom. The summed E-state index contributed by atoms with van der Waals surface area (Å²) in [5, 5.41) is 2.96. The third-order valence-corrected chi connectivity index (χ3v) is 5.66. The predicted molar refractivity (Wildman–Crippen MR) is 132 cm³/mol. The molecule has 0 aliphatic carbocycles. The SMILES string of the molecule is CCc1cccc(CC)c1NC(=O)Cn1c(=O)c2c(ncn2CC(C)C)n(CC(C)C)c1=O. The summed E-state index contributed by atoms with van der Waals surface area (Å²) in [6, 6.07) is 5.94. The van der Waals surface area contributed by atoms with E-state index in [1.807, 2.05) is 45.9 Å². The molecule has 8 nitrogen and oxygen atoms in total. The third-order valence-electron chi connectivity index (χ3n) is 5.66. The van der Waals surface area contributed by atoms with E-state index in [0.29, 0.717) is 30.2 Å². The van der Waals surface area contributed by atoms with Gasteiger partial charge < -0.3 is 9.88 Å². The first kappa shape index (κ1) is 24.5. The summed E-state index contributed by atoms with van der Waals surface area (Å²) in [4.78, 5) is 44.1. The third kappa shape index (κ3) is 5.10. The largest absolute Gasteiger partial charge is 0.333 e. The summed E-state index contributed by atoms with van der Waals surface area (Å²) in [6.45, 7) is 12.8. The summed E-state index contributed by atoms with van der Waals surface area (Å²) in [5.74, 6) is 0.0710. The quantitative estimate of drug-likeness (QED) is 0.537. The van der Waals surface area contributed by atoms with Gasteiger partial charge in [-0.3, -0.25) is 14.2 Å². The molecule has 0 unspecified atom stereocenters. The molecule has 1 N–H and O–H groups in total. The highest BCUT2D eigenvalue weighted by atomic mass is 16.2. The number of amides is 1. The minimum absolute atomic E-state index is 0.171. The van der Waals surface area contributed by atoms with Gasteiger partial charge in [-0.05, 0) is 35.8 Å². The van der Waals surface area contributed by atoms with Gasteiger partial charge in [-0.25, -0.2) is 14.3 Å². The molecule has 1 aromatic carbocycles. The monoisotopic (exact) mass is 453 g/mol. The van der Waals surface area contributed by atoms with Crippen LogP contribution in [0.15, 0.2) is 34.1 Å². The van der Waals surface area contributed by atoms with Crippen molar-refractivity contribution in [3.63, 3.8) is 0 Å². The molecular weight excluding hydrogens is 418 g/mol. The van der Waals surface area contributed by atoms with Crippen molar-refractivity contribution in [1.29, 1.82) is 0 Å². The number of aromatic nitrogens is 4. The van der Waals surface area contributed by atoms with E-state index >= 15 is 0 Å². The number of hydrogen-bond acceptors (Lipinski definition) is 4. The highest BCUT2D eigenvalue weighted by molar-refractivity contribution is 5.92. The molecule has 2 aromatic heterocycles. The Kier molecular flexibility index (Phi) is 7.56. The molecule has 0 spiro atoms. The van der Waals surface area contributed by atoms with E-state index in [1.165, 1.54) is 4.57 Å². The molecule has 0 bridgehead atoms. The smallest absolute Gasteiger partial charge is 0.324 e. The summed E-state index contributed by atoms with van der Waals surface area (Å²) in [7, 11) is 0. The molecule has 3 rings (SSSR count). The number of carbonyl (C=O) groups is 1. The Balaban J connectivity index is 2.09. The van der Waals surface area contributed by atoms with E-state index < -0.39 is 17.2 Å². The molecule has 2 heterocycles. The predicted octanol–water partition coefficient (Wildman–Crippen LogP) is 3.44. The standard InChI is InChI=1S/C25H35N5O3/c1-7-18-10-9-11-19(8-2)21(18)27-20(31)14-30-24(32)22-23(26-15-28(22)12-16(3)4)29(25(30)33)13-17(5)6/h9-11,15-17H,7-8,12-14H2,1-6H3,(H,27,31). The van der Waals surface area contributed by atoms with Crippen LogP contribution in [0.25, 0.3) is 11.2 Å². The minimum atomic E-state index is -0.509. The maximum Gasteiger partial charge on any atom is 0.333 e. The van der Waals surface area contributed by atoms with Crippen molar-refractivity contribution in [2.24, 2.45) is 11.8 Å². The van der Waals surface area contributed by atoms with E-state index in [4.69, 9.17) is 0 Å². The van der Waals surface area contributed by atoms with Gasteiger partial charge in [0.15, 0.2) is 11.2 Å². The lowest BCUT2D eigenvalue weighted by Gasteiger charge is -2.16. The number of fused-ring (bicyclic) bond motifs is 1. The number of hydrogen-bond donors (Lipinski definition) is 1. The van der Waals surface area contributed by atoms with Crippen molar-refractivity contribution in [1.82, 2.24) is 18.7 Å². The molecule has 0 saturated heterocycles. The molecule has 178 valence electrons. The average molecular weight is 454 g/mol. The van der Waals surface area contributed by atoms with Crippen LogP contribution < -0.4 is 16.6 Å².